The molecule has 1 heterocycles. The van der Waals surface area contributed by atoms with Crippen LogP contribution in [0.15, 0.2) is 64.3 Å². The fourth-order valence-electron chi connectivity index (χ4n) is 2.08. The number of hydrogen-bond acceptors (Lipinski definition) is 4. The Morgan fingerprint density at radius 1 is 1.13 bits per heavy atom. The van der Waals surface area contributed by atoms with Crippen molar-refractivity contribution in [2.75, 3.05) is 0 Å². The molecule has 3 nitrogen and oxygen atoms in total. The highest BCUT2D eigenvalue weighted by molar-refractivity contribution is 8.01. The van der Waals surface area contributed by atoms with E-state index in [4.69, 9.17) is 5.73 Å². The van der Waals surface area contributed by atoms with Gasteiger partial charge in [-0.25, -0.2) is 9.37 Å². The average molecular weight is 344 g/mol. The molecule has 1 amide bonds. The minimum atomic E-state index is -0.592. The van der Waals surface area contributed by atoms with Crippen molar-refractivity contribution in [2.24, 2.45) is 5.73 Å². The summed E-state index contributed by atoms with van der Waals surface area (Å²) in [6.45, 7) is 0. The van der Waals surface area contributed by atoms with Crippen molar-refractivity contribution in [3.63, 3.8) is 0 Å². The van der Waals surface area contributed by atoms with E-state index >= 15 is 0 Å². The van der Waals surface area contributed by atoms with E-state index in [0.717, 1.165) is 15.6 Å². The highest BCUT2D eigenvalue weighted by atomic mass is 32.2. The quantitative estimate of drug-likeness (QED) is 0.703. The monoisotopic (exact) mass is 344 g/mol. The van der Waals surface area contributed by atoms with Gasteiger partial charge in [0.15, 0.2) is 4.34 Å². The number of aromatic nitrogens is 1. The third kappa shape index (κ3) is 3.78. The van der Waals surface area contributed by atoms with Gasteiger partial charge in [-0.05, 0) is 17.7 Å². The molecule has 1 atom stereocenters. The summed E-state index contributed by atoms with van der Waals surface area (Å²) in [5, 5.41) is 1.35. The van der Waals surface area contributed by atoms with E-state index in [9.17, 15) is 9.18 Å². The van der Waals surface area contributed by atoms with Crippen molar-refractivity contribution in [3.8, 4) is 11.3 Å². The molecule has 0 bridgehead atoms. The molecule has 0 radical (unpaired) electrons. The van der Waals surface area contributed by atoms with E-state index in [-0.39, 0.29) is 5.82 Å². The van der Waals surface area contributed by atoms with Gasteiger partial charge in [-0.2, -0.15) is 0 Å². The summed E-state index contributed by atoms with van der Waals surface area (Å²) in [5.74, 6) is -0.819. The largest absolute Gasteiger partial charge is 0.368 e. The van der Waals surface area contributed by atoms with Crippen LogP contribution in [0.3, 0.4) is 0 Å². The minimum absolute atomic E-state index is 0.345. The van der Waals surface area contributed by atoms with Gasteiger partial charge in [-0.3, -0.25) is 4.79 Å². The first-order valence-electron chi connectivity index (χ1n) is 6.86. The van der Waals surface area contributed by atoms with E-state index in [1.807, 2.05) is 35.7 Å². The van der Waals surface area contributed by atoms with Crippen molar-refractivity contribution >= 4 is 29.0 Å². The Balaban J connectivity index is 1.83. The molecule has 0 aliphatic heterocycles. The molecule has 0 saturated carbocycles. The van der Waals surface area contributed by atoms with Crippen molar-refractivity contribution in [1.29, 1.82) is 0 Å². The molecule has 0 aliphatic carbocycles. The van der Waals surface area contributed by atoms with Crippen molar-refractivity contribution in [1.82, 2.24) is 4.98 Å². The predicted molar refractivity (Wildman–Crippen MR) is 91.7 cm³/mol. The van der Waals surface area contributed by atoms with Crippen LogP contribution >= 0.6 is 23.1 Å². The van der Waals surface area contributed by atoms with Crippen LogP contribution in [0.25, 0.3) is 11.3 Å². The summed E-state index contributed by atoms with van der Waals surface area (Å²) in [5.41, 5.74) is 8.05. The number of carbonyl (C=O) groups is 1. The smallest absolute Gasteiger partial charge is 0.235 e. The van der Waals surface area contributed by atoms with Gasteiger partial charge in [0.05, 0.1) is 5.69 Å². The van der Waals surface area contributed by atoms with E-state index in [1.54, 1.807) is 12.1 Å². The van der Waals surface area contributed by atoms with E-state index < -0.39 is 11.2 Å². The molecular formula is C17H13FN2OS2. The highest BCUT2D eigenvalue weighted by Gasteiger charge is 2.21. The molecule has 23 heavy (non-hydrogen) atoms. The van der Waals surface area contributed by atoms with Crippen molar-refractivity contribution in [3.05, 3.63) is 71.4 Å². The maximum absolute atomic E-state index is 13.0. The lowest BCUT2D eigenvalue weighted by atomic mass is 10.1. The summed E-state index contributed by atoms with van der Waals surface area (Å²) in [6.07, 6.45) is 0. The third-order valence-electron chi connectivity index (χ3n) is 3.20. The van der Waals surface area contributed by atoms with Gasteiger partial charge in [0.25, 0.3) is 0 Å². The lowest BCUT2D eigenvalue weighted by molar-refractivity contribution is -0.117. The Hall–Kier alpha value is -2.18. The van der Waals surface area contributed by atoms with Crippen LogP contribution < -0.4 is 5.73 Å². The van der Waals surface area contributed by atoms with Gasteiger partial charge in [0.1, 0.15) is 11.1 Å². The molecule has 1 unspecified atom stereocenters. The number of nitrogens with two attached hydrogens (primary N) is 1. The summed E-state index contributed by atoms with van der Waals surface area (Å²) in [6, 6.07) is 15.6. The number of halogens is 1. The summed E-state index contributed by atoms with van der Waals surface area (Å²) in [4.78, 5) is 16.3. The molecule has 0 aliphatic rings. The number of benzene rings is 2. The van der Waals surface area contributed by atoms with E-state index in [2.05, 4.69) is 4.98 Å². The van der Waals surface area contributed by atoms with Crippen LogP contribution in [-0.4, -0.2) is 10.9 Å². The number of rotatable bonds is 5. The van der Waals surface area contributed by atoms with Gasteiger partial charge < -0.3 is 5.73 Å². The predicted octanol–water partition coefficient (Wildman–Crippen LogP) is 4.27. The molecule has 3 aromatic rings. The van der Waals surface area contributed by atoms with E-state index in [1.165, 1.54) is 35.2 Å². The number of nitrogens with zero attached hydrogens (tertiary/aromatic N) is 1. The maximum atomic E-state index is 13.0. The Morgan fingerprint density at radius 3 is 2.48 bits per heavy atom. The molecular weight excluding hydrogens is 331 g/mol. The molecule has 2 aromatic carbocycles. The van der Waals surface area contributed by atoms with Crippen LogP contribution in [0, 0.1) is 5.82 Å². The molecule has 1 aromatic heterocycles. The van der Waals surface area contributed by atoms with Gasteiger partial charge in [-0.1, -0.05) is 54.2 Å². The standard InChI is InChI=1S/C17H13FN2OS2/c18-13-8-6-12(7-9-13)15(16(19)21)23-17-20-14(10-22-17)11-4-2-1-3-5-11/h1-10,15H,(H2,19,21). The van der Waals surface area contributed by atoms with Crippen LogP contribution in [0.1, 0.15) is 10.8 Å². The molecule has 116 valence electrons. The normalized spacial score (nSPS) is 12.0. The Labute approximate surface area is 141 Å². The summed E-state index contributed by atoms with van der Waals surface area (Å²) < 4.78 is 13.8. The first-order chi connectivity index (χ1) is 11.1. The maximum Gasteiger partial charge on any atom is 0.235 e. The van der Waals surface area contributed by atoms with E-state index in [0.29, 0.717) is 5.56 Å². The van der Waals surface area contributed by atoms with Gasteiger partial charge in [-0.15, -0.1) is 11.3 Å². The molecule has 6 heteroatoms. The van der Waals surface area contributed by atoms with Crippen molar-refractivity contribution < 1.29 is 9.18 Å². The van der Waals surface area contributed by atoms with Crippen LogP contribution in [0.5, 0.6) is 0 Å². The second-order valence-electron chi connectivity index (χ2n) is 4.82. The van der Waals surface area contributed by atoms with Crippen LogP contribution in [0.4, 0.5) is 4.39 Å². The number of thioether (sulfide) groups is 1. The second kappa shape index (κ2) is 6.93. The first-order valence-corrected chi connectivity index (χ1v) is 8.62. The zero-order valence-electron chi connectivity index (χ0n) is 12.0. The van der Waals surface area contributed by atoms with Crippen LogP contribution in [-0.2, 0) is 4.79 Å². The number of primary amides is 1. The summed E-state index contributed by atoms with van der Waals surface area (Å²) >= 11 is 2.74. The fraction of sp³-hybridized carbons (Fsp3) is 0.0588. The number of amides is 1. The number of thiazole rings is 1. The van der Waals surface area contributed by atoms with Gasteiger partial charge in [0.2, 0.25) is 5.91 Å². The second-order valence-corrected chi connectivity index (χ2v) is 7.03. The topological polar surface area (TPSA) is 56.0 Å². The minimum Gasteiger partial charge on any atom is -0.368 e. The first kappa shape index (κ1) is 15.7. The van der Waals surface area contributed by atoms with Gasteiger partial charge >= 0.3 is 0 Å². The average Bonchev–Trinajstić information content (AvgIpc) is 3.03. The molecule has 3 rings (SSSR count). The Kier molecular flexibility index (Phi) is 4.73. The fourth-order valence-corrected chi connectivity index (χ4v) is 4.05. The van der Waals surface area contributed by atoms with Crippen molar-refractivity contribution in [2.45, 2.75) is 9.59 Å². The third-order valence-corrected chi connectivity index (χ3v) is 5.45. The SMILES string of the molecule is NC(=O)C(Sc1nc(-c2ccccc2)cs1)c1ccc(F)cc1. The molecule has 0 saturated heterocycles. The zero-order valence-corrected chi connectivity index (χ0v) is 13.6. The molecule has 0 spiro atoms. The Morgan fingerprint density at radius 2 is 1.83 bits per heavy atom. The lowest BCUT2D eigenvalue weighted by Crippen LogP contribution is -2.18. The van der Waals surface area contributed by atoms with Crippen LogP contribution in [0.2, 0.25) is 0 Å². The Bertz CT molecular complexity index is 803. The number of carbonyl (C=O) groups excluding carboxylic acids is 1. The molecule has 2 N–H and O–H groups in total. The number of hydrogen-bond donors (Lipinski definition) is 1. The zero-order chi connectivity index (χ0) is 16.2. The lowest BCUT2D eigenvalue weighted by Gasteiger charge is -2.11. The van der Waals surface area contributed by atoms with Gasteiger partial charge in [0, 0.05) is 10.9 Å². The summed E-state index contributed by atoms with van der Waals surface area (Å²) in [7, 11) is 0. The highest BCUT2D eigenvalue weighted by Crippen LogP contribution is 2.38. The molecule has 0 fully saturated rings.